The number of carbonyl (C=O) groups is 2. The van der Waals surface area contributed by atoms with Crippen molar-refractivity contribution in [3.63, 3.8) is 0 Å². The van der Waals surface area contributed by atoms with Crippen molar-refractivity contribution in [3.05, 3.63) is 67.7 Å². The van der Waals surface area contributed by atoms with Crippen LogP contribution in [-0.4, -0.2) is 21.9 Å². The second-order valence-electron chi connectivity index (χ2n) is 4.68. The van der Waals surface area contributed by atoms with E-state index in [2.05, 4.69) is 21.2 Å². The summed E-state index contributed by atoms with van der Waals surface area (Å²) in [5.74, 6) is -2.26. The fourth-order valence-electron chi connectivity index (χ4n) is 2.06. The molecule has 0 unspecified atom stereocenters. The molecule has 0 aromatic heterocycles. The van der Waals surface area contributed by atoms with Crippen molar-refractivity contribution in [2.45, 2.75) is 6.92 Å². The van der Waals surface area contributed by atoms with Crippen LogP contribution in [0.3, 0.4) is 0 Å². The summed E-state index contributed by atoms with van der Waals surface area (Å²) in [6.45, 7) is 1.75. The number of anilines is 1. The van der Waals surface area contributed by atoms with E-state index in [9.17, 15) is 19.7 Å². The highest BCUT2D eigenvalue weighted by molar-refractivity contribution is 9.10. The zero-order chi connectivity index (χ0) is 17.1. The van der Waals surface area contributed by atoms with Gasteiger partial charge in [0, 0.05) is 16.2 Å². The second-order valence-corrected chi connectivity index (χ2v) is 5.59. The summed E-state index contributed by atoms with van der Waals surface area (Å²) in [7, 11) is 0. The highest BCUT2D eigenvalue weighted by Gasteiger charge is 2.27. The molecule has 2 N–H and O–H groups in total. The average Bonchev–Trinajstić information content (AvgIpc) is 2.49. The Hall–Kier alpha value is -2.74. The number of carboxylic acid groups (broad SMARTS) is 1. The largest absolute Gasteiger partial charge is 0.478 e. The quantitative estimate of drug-likeness (QED) is 0.623. The van der Waals surface area contributed by atoms with E-state index in [1.54, 1.807) is 25.1 Å². The summed E-state index contributed by atoms with van der Waals surface area (Å²) in [4.78, 5) is 34.0. The number of nitrogens with one attached hydrogen (secondary N) is 1. The molecule has 0 fully saturated rings. The standard InChI is InChI=1S/C15H11BrN2O5/c1-8-7-9(16)5-6-11(8)17-14(19)13-10(15(20)21)3-2-4-12(13)18(22)23/h2-7H,1H3,(H,17,19)(H,20,21). The second kappa shape index (κ2) is 6.57. The molecular weight excluding hydrogens is 368 g/mol. The number of aromatic carboxylic acids is 1. The van der Waals surface area contributed by atoms with E-state index in [1.807, 2.05) is 0 Å². The first kappa shape index (κ1) is 16.6. The van der Waals surface area contributed by atoms with Crippen molar-refractivity contribution >= 4 is 39.2 Å². The third kappa shape index (κ3) is 3.54. The first-order valence-electron chi connectivity index (χ1n) is 6.39. The van der Waals surface area contributed by atoms with Gasteiger partial charge in [0.25, 0.3) is 11.6 Å². The van der Waals surface area contributed by atoms with E-state index in [0.29, 0.717) is 5.69 Å². The van der Waals surface area contributed by atoms with E-state index < -0.39 is 33.6 Å². The summed E-state index contributed by atoms with van der Waals surface area (Å²) in [6.07, 6.45) is 0. The van der Waals surface area contributed by atoms with Crippen LogP contribution in [0.2, 0.25) is 0 Å². The highest BCUT2D eigenvalue weighted by atomic mass is 79.9. The Morgan fingerprint density at radius 2 is 1.96 bits per heavy atom. The number of amides is 1. The summed E-state index contributed by atoms with van der Waals surface area (Å²) in [5.41, 5.74) is -0.299. The van der Waals surface area contributed by atoms with Gasteiger partial charge in [0.2, 0.25) is 0 Å². The van der Waals surface area contributed by atoms with Crippen molar-refractivity contribution in [3.8, 4) is 0 Å². The monoisotopic (exact) mass is 378 g/mol. The molecule has 0 atom stereocenters. The number of carbonyl (C=O) groups excluding carboxylic acids is 1. The molecule has 2 aromatic carbocycles. The molecule has 1 amide bonds. The Labute approximate surface area is 139 Å². The summed E-state index contributed by atoms with van der Waals surface area (Å²) in [5, 5.41) is 22.8. The van der Waals surface area contributed by atoms with Gasteiger partial charge in [-0.25, -0.2) is 4.79 Å². The Kier molecular flexibility index (Phi) is 4.75. The molecule has 0 spiro atoms. The average molecular weight is 379 g/mol. The fourth-order valence-corrected chi connectivity index (χ4v) is 2.54. The van der Waals surface area contributed by atoms with Gasteiger partial charge in [-0.15, -0.1) is 0 Å². The van der Waals surface area contributed by atoms with E-state index in [4.69, 9.17) is 5.11 Å². The molecule has 2 rings (SSSR count). The number of hydrogen-bond acceptors (Lipinski definition) is 4. The van der Waals surface area contributed by atoms with Crippen LogP contribution < -0.4 is 5.32 Å². The molecule has 0 aliphatic heterocycles. The molecule has 0 saturated heterocycles. The number of hydrogen-bond donors (Lipinski definition) is 2. The zero-order valence-electron chi connectivity index (χ0n) is 11.9. The molecule has 118 valence electrons. The maximum atomic E-state index is 12.4. The maximum absolute atomic E-state index is 12.4. The lowest BCUT2D eigenvalue weighted by Gasteiger charge is -2.10. The number of halogens is 1. The van der Waals surface area contributed by atoms with Gasteiger partial charge in [-0.1, -0.05) is 22.0 Å². The number of nitrogens with zero attached hydrogens (tertiary/aromatic N) is 1. The van der Waals surface area contributed by atoms with Gasteiger partial charge in [-0.05, 0) is 36.8 Å². The van der Waals surface area contributed by atoms with E-state index in [1.165, 1.54) is 6.07 Å². The molecule has 23 heavy (non-hydrogen) atoms. The SMILES string of the molecule is Cc1cc(Br)ccc1NC(=O)c1c(C(=O)O)cccc1[N+](=O)[O-]. The molecule has 7 nitrogen and oxygen atoms in total. The molecule has 0 bridgehead atoms. The molecule has 0 saturated carbocycles. The molecule has 0 aliphatic rings. The lowest BCUT2D eigenvalue weighted by atomic mass is 10.0. The van der Waals surface area contributed by atoms with Crippen LogP contribution in [0.5, 0.6) is 0 Å². The molecule has 0 radical (unpaired) electrons. The van der Waals surface area contributed by atoms with Gasteiger partial charge in [-0.3, -0.25) is 14.9 Å². The number of carboxylic acids is 1. The highest BCUT2D eigenvalue weighted by Crippen LogP contribution is 2.26. The van der Waals surface area contributed by atoms with Crippen LogP contribution in [0.4, 0.5) is 11.4 Å². The van der Waals surface area contributed by atoms with Gasteiger partial charge < -0.3 is 10.4 Å². The van der Waals surface area contributed by atoms with Gasteiger partial charge in [0.15, 0.2) is 0 Å². The van der Waals surface area contributed by atoms with Crippen LogP contribution in [0.15, 0.2) is 40.9 Å². The summed E-state index contributed by atoms with van der Waals surface area (Å²) < 4.78 is 0.810. The van der Waals surface area contributed by atoms with E-state index >= 15 is 0 Å². The minimum absolute atomic E-state index is 0.425. The smallest absolute Gasteiger partial charge is 0.336 e. The topological polar surface area (TPSA) is 110 Å². The van der Waals surface area contributed by atoms with E-state index in [0.717, 1.165) is 22.2 Å². The molecule has 0 aliphatic carbocycles. The number of rotatable bonds is 4. The lowest BCUT2D eigenvalue weighted by Crippen LogP contribution is -2.19. The Balaban J connectivity index is 2.50. The van der Waals surface area contributed by atoms with Crippen LogP contribution >= 0.6 is 15.9 Å². The molecule has 0 heterocycles. The Bertz CT molecular complexity index is 787. The lowest BCUT2D eigenvalue weighted by molar-refractivity contribution is -0.385. The molecule has 8 heteroatoms. The van der Waals surface area contributed by atoms with Crippen molar-refractivity contribution in [1.82, 2.24) is 0 Å². The third-order valence-corrected chi connectivity index (χ3v) is 3.63. The van der Waals surface area contributed by atoms with Gasteiger partial charge in [0.1, 0.15) is 5.56 Å². The predicted molar refractivity (Wildman–Crippen MR) is 86.9 cm³/mol. The van der Waals surface area contributed by atoms with Crippen molar-refractivity contribution in [2.75, 3.05) is 5.32 Å². The van der Waals surface area contributed by atoms with Crippen LogP contribution in [-0.2, 0) is 0 Å². The van der Waals surface area contributed by atoms with Crippen molar-refractivity contribution < 1.29 is 19.6 Å². The Morgan fingerprint density at radius 1 is 1.26 bits per heavy atom. The number of aryl methyl sites for hydroxylation is 1. The number of nitro benzene ring substituents is 1. The van der Waals surface area contributed by atoms with Crippen LogP contribution in [0.25, 0.3) is 0 Å². The minimum Gasteiger partial charge on any atom is -0.478 e. The molecular formula is C15H11BrN2O5. The van der Waals surface area contributed by atoms with Crippen molar-refractivity contribution in [2.24, 2.45) is 0 Å². The molecule has 2 aromatic rings. The van der Waals surface area contributed by atoms with Crippen molar-refractivity contribution in [1.29, 1.82) is 0 Å². The van der Waals surface area contributed by atoms with Gasteiger partial charge in [0.05, 0.1) is 10.5 Å². The van der Waals surface area contributed by atoms with Gasteiger partial charge in [-0.2, -0.15) is 0 Å². The van der Waals surface area contributed by atoms with Crippen LogP contribution in [0, 0.1) is 17.0 Å². The van der Waals surface area contributed by atoms with Gasteiger partial charge >= 0.3 is 5.97 Å². The first-order valence-corrected chi connectivity index (χ1v) is 7.18. The normalized spacial score (nSPS) is 10.2. The predicted octanol–water partition coefficient (Wildman–Crippen LogP) is 3.62. The maximum Gasteiger partial charge on any atom is 0.336 e. The first-order chi connectivity index (χ1) is 10.8. The van der Waals surface area contributed by atoms with Crippen LogP contribution in [0.1, 0.15) is 26.3 Å². The zero-order valence-corrected chi connectivity index (χ0v) is 13.5. The number of nitro groups is 1. The Morgan fingerprint density at radius 3 is 2.52 bits per heavy atom. The summed E-state index contributed by atoms with van der Waals surface area (Å²) >= 11 is 3.29. The van der Waals surface area contributed by atoms with E-state index in [-0.39, 0.29) is 0 Å². The minimum atomic E-state index is -1.41. The fraction of sp³-hybridized carbons (Fsp3) is 0.0667. The number of benzene rings is 2. The third-order valence-electron chi connectivity index (χ3n) is 3.13. The summed E-state index contributed by atoms with van der Waals surface area (Å²) in [6, 6.07) is 8.54.